The fourth-order valence-electron chi connectivity index (χ4n) is 2.02. The van der Waals surface area contributed by atoms with Crippen LogP contribution in [0.3, 0.4) is 0 Å². The lowest BCUT2D eigenvalue weighted by Crippen LogP contribution is -2.36. The molecule has 120 valence electrons. The summed E-state index contributed by atoms with van der Waals surface area (Å²) in [7, 11) is 0. The number of carbonyl (C=O) groups excluding carboxylic acids is 2. The Hall–Kier alpha value is -1.85. The molecule has 2 aromatic carbocycles. The van der Waals surface area contributed by atoms with Gasteiger partial charge >= 0.3 is 0 Å². The van der Waals surface area contributed by atoms with Crippen LogP contribution < -0.4 is 5.32 Å². The Balaban J connectivity index is 2.01. The number of benzene rings is 2. The van der Waals surface area contributed by atoms with Crippen LogP contribution in [0, 0.1) is 0 Å². The molecule has 0 aromatic heterocycles. The lowest BCUT2D eigenvalue weighted by molar-refractivity contribution is -0.133. The number of hydrogen-bond donors (Lipinski definition) is 1. The molecule has 1 N–H and O–H groups in total. The van der Waals surface area contributed by atoms with Gasteiger partial charge in [0.05, 0.1) is 0 Å². The van der Waals surface area contributed by atoms with Gasteiger partial charge in [0.25, 0.3) is 0 Å². The summed E-state index contributed by atoms with van der Waals surface area (Å²) in [6.45, 7) is 1.70. The first kappa shape index (κ1) is 17.5. The zero-order valence-electron chi connectivity index (χ0n) is 12.6. The average Bonchev–Trinajstić information content (AvgIpc) is 2.51. The van der Waals surface area contributed by atoms with Gasteiger partial charge in [-0.05, 0) is 35.9 Å². The maximum atomic E-state index is 12.1. The van der Waals surface area contributed by atoms with Crippen LogP contribution in [0.2, 0.25) is 5.02 Å². The molecule has 0 radical (unpaired) electrons. The molecular weight excluding hydrogens is 380 g/mol. The number of halogens is 2. The van der Waals surface area contributed by atoms with Crippen LogP contribution >= 0.6 is 27.5 Å². The molecule has 0 saturated heterocycles. The van der Waals surface area contributed by atoms with Gasteiger partial charge < -0.3 is 10.2 Å². The standard InChI is InChI=1S/C17H16BrClN2O2/c1-12(22)21(10-13-4-2-3-5-16(13)19)11-17(23)20-15-8-6-14(18)7-9-15/h2-9H,10-11H2,1H3,(H,20,23). The fourth-order valence-corrected chi connectivity index (χ4v) is 2.48. The van der Waals surface area contributed by atoms with Crippen LogP contribution in [-0.4, -0.2) is 23.3 Å². The van der Waals surface area contributed by atoms with Gasteiger partial charge in [-0.15, -0.1) is 0 Å². The number of carbonyl (C=O) groups is 2. The molecule has 23 heavy (non-hydrogen) atoms. The summed E-state index contributed by atoms with van der Waals surface area (Å²) in [6.07, 6.45) is 0. The third kappa shape index (κ3) is 5.37. The number of hydrogen-bond acceptors (Lipinski definition) is 2. The van der Waals surface area contributed by atoms with Gasteiger partial charge in [-0.25, -0.2) is 0 Å². The number of anilines is 1. The summed E-state index contributed by atoms with van der Waals surface area (Å²) in [5.41, 5.74) is 1.49. The molecule has 2 aromatic rings. The van der Waals surface area contributed by atoms with Crippen molar-refractivity contribution in [1.29, 1.82) is 0 Å². The summed E-state index contributed by atoms with van der Waals surface area (Å²) in [4.78, 5) is 25.4. The van der Waals surface area contributed by atoms with E-state index in [0.29, 0.717) is 17.3 Å². The van der Waals surface area contributed by atoms with E-state index in [4.69, 9.17) is 11.6 Å². The highest BCUT2D eigenvalue weighted by Gasteiger charge is 2.15. The Morgan fingerprint density at radius 3 is 2.39 bits per heavy atom. The van der Waals surface area contributed by atoms with E-state index in [1.54, 1.807) is 18.2 Å². The number of nitrogens with one attached hydrogen (secondary N) is 1. The van der Waals surface area contributed by atoms with Crippen molar-refractivity contribution >= 4 is 45.0 Å². The predicted molar refractivity (Wildman–Crippen MR) is 95.3 cm³/mol. The van der Waals surface area contributed by atoms with Crippen molar-refractivity contribution in [2.75, 3.05) is 11.9 Å². The second-order valence-corrected chi connectivity index (χ2v) is 6.34. The van der Waals surface area contributed by atoms with Crippen molar-refractivity contribution in [3.8, 4) is 0 Å². The van der Waals surface area contributed by atoms with Crippen LogP contribution in [0.25, 0.3) is 0 Å². The van der Waals surface area contributed by atoms with Crippen molar-refractivity contribution < 1.29 is 9.59 Å². The van der Waals surface area contributed by atoms with Gasteiger partial charge in [0.2, 0.25) is 11.8 Å². The molecule has 0 aliphatic rings. The monoisotopic (exact) mass is 394 g/mol. The van der Waals surface area contributed by atoms with Gasteiger partial charge in [0.15, 0.2) is 0 Å². The molecule has 0 heterocycles. The average molecular weight is 396 g/mol. The highest BCUT2D eigenvalue weighted by atomic mass is 79.9. The van der Waals surface area contributed by atoms with E-state index in [-0.39, 0.29) is 18.4 Å². The first-order chi connectivity index (χ1) is 11.0. The van der Waals surface area contributed by atoms with Crippen molar-refractivity contribution in [1.82, 2.24) is 4.90 Å². The van der Waals surface area contributed by atoms with E-state index in [1.807, 2.05) is 30.3 Å². The van der Waals surface area contributed by atoms with Crippen molar-refractivity contribution in [3.05, 3.63) is 63.6 Å². The summed E-state index contributed by atoms with van der Waals surface area (Å²) < 4.78 is 0.930. The Labute approximate surface area is 148 Å². The molecule has 0 aliphatic heterocycles. The second kappa shape index (κ2) is 8.13. The third-order valence-corrected chi connectivity index (χ3v) is 4.12. The quantitative estimate of drug-likeness (QED) is 0.829. The number of nitrogens with zero attached hydrogens (tertiary/aromatic N) is 1. The molecule has 0 saturated carbocycles. The Bertz CT molecular complexity index is 704. The maximum Gasteiger partial charge on any atom is 0.244 e. The van der Waals surface area contributed by atoms with E-state index in [1.165, 1.54) is 11.8 Å². The maximum absolute atomic E-state index is 12.1. The highest BCUT2D eigenvalue weighted by Crippen LogP contribution is 2.17. The Kier molecular flexibility index (Phi) is 6.19. The van der Waals surface area contributed by atoms with Gasteiger partial charge in [-0.1, -0.05) is 45.7 Å². The number of amides is 2. The van der Waals surface area contributed by atoms with Crippen molar-refractivity contribution in [2.45, 2.75) is 13.5 Å². The molecule has 2 rings (SSSR count). The first-order valence-electron chi connectivity index (χ1n) is 7.00. The van der Waals surface area contributed by atoms with Crippen molar-refractivity contribution in [2.24, 2.45) is 0 Å². The van der Waals surface area contributed by atoms with Crippen LogP contribution in [-0.2, 0) is 16.1 Å². The summed E-state index contributed by atoms with van der Waals surface area (Å²) >= 11 is 9.45. The lowest BCUT2D eigenvalue weighted by atomic mass is 10.2. The number of rotatable bonds is 5. The molecule has 0 aliphatic carbocycles. The molecule has 6 heteroatoms. The second-order valence-electron chi connectivity index (χ2n) is 5.02. The minimum atomic E-state index is -0.255. The smallest absolute Gasteiger partial charge is 0.244 e. The van der Waals surface area contributed by atoms with Crippen LogP contribution in [0.4, 0.5) is 5.69 Å². The summed E-state index contributed by atoms with van der Waals surface area (Å²) in [5.74, 6) is -0.439. The fraction of sp³-hybridized carbons (Fsp3) is 0.176. The normalized spacial score (nSPS) is 10.2. The third-order valence-electron chi connectivity index (χ3n) is 3.23. The largest absolute Gasteiger partial charge is 0.329 e. The molecule has 0 fully saturated rings. The zero-order valence-corrected chi connectivity index (χ0v) is 14.9. The topological polar surface area (TPSA) is 49.4 Å². The van der Waals surface area contributed by atoms with Gasteiger partial charge in [0, 0.05) is 28.7 Å². The first-order valence-corrected chi connectivity index (χ1v) is 8.17. The highest BCUT2D eigenvalue weighted by molar-refractivity contribution is 9.10. The van der Waals surface area contributed by atoms with E-state index < -0.39 is 0 Å². The molecule has 0 atom stereocenters. The minimum absolute atomic E-state index is 0.0311. The van der Waals surface area contributed by atoms with Crippen LogP contribution in [0.1, 0.15) is 12.5 Å². The van der Waals surface area contributed by atoms with E-state index >= 15 is 0 Å². The van der Waals surface area contributed by atoms with E-state index in [0.717, 1.165) is 10.0 Å². The molecule has 0 unspecified atom stereocenters. The minimum Gasteiger partial charge on any atom is -0.329 e. The molecule has 0 bridgehead atoms. The van der Waals surface area contributed by atoms with E-state index in [2.05, 4.69) is 21.2 Å². The van der Waals surface area contributed by atoms with Crippen molar-refractivity contribution in [3.63, 3.8) is 0 Å². The molecule has 0 spiro atoms. The van der Waals surface area contributed by atoms with Gasteiger partial charge in [-0.2, -0.15) is 0 Å². The van der Waals surface area contributed by atoms with Crippen LogP contribution in [0.5, 0.6) is 0 Å². The summed E-state index contributed by atoms with van der Waals surface area (Å²) in [6, 6.07) is 14.5. The zero-order chi connectivity index (χ0) is 16.8. The van der Waals surface area contributed by atoms with Gasteiger partial charge in [-0.3, -0.25) is 9.59 Å². The Morgan fingerprint density at radius 1 is 1.13 bits per heavy atom. The SMILES string of the molecule is CC(=O)N(CC(=O)Nc1ccc(Br)cc1)Cc1ccccc1Cl. The molecule has 4 nitrogen and oxygen atoms in total. The van der Waals surface area contributed by atoms with Crippen LogP contribution in [0.15, 0.2) is 53.0 Å². The predicted octanol–water partition coefficient (Wildman–Crippen LogP) is 4.09. The van der Waals surface area contributed by atoms with Gasteiger partial charge in [0.1, 0.15) is 6.54 Å². The Morgan fingerprint density at radius 2 is 1.78 bits per heavy atom. The molecule has 2 amide bonds. The lowest BCUT2D eigenvalue weighted by Gasteiger charge is -2.21. The van der Waals surface area contributed by atoms with E-state index in [9.17, 15) is 9.59 Å². The summed E-state index contributed by atoms with van der Waals surface area (Å²) in [5, 5.41) is 3.34. The molecular formula is C17H16BrClN2O2.